The number of thioether (sulfide) groups is 1. The standard InChI is InChI=1S/C28H32N4O3S/c1-28(2)23-9-5-6-10-24(23)31(3)25(28)16-20(33)18-36-27-30-29-26(19-11-13-21(34-4)14-12-19)32(27)17-22-8-7-15-35-22/h5-6,9-14,16,22H,7-8,15,17-18H2,1-4H3/b25-16+/t22-/m0/s1. The normalized spacial score (nSPS) is 19.6. The van der Waals surface area contributed by atoms with Gasteiger partial charge in [0.15, 0.2) is 16.8 Å². The van der Waals surface area contributed by atoms with Crippen molar-refractivity contribution in [3.05, 3.63) is 65.9 Å². The number of nitrogens with zero attached hydrogens (tertiary/aromatic N) is 4. The van der Waals surface area contributed by atoms with Crippen molar-refractivity contribution in [2.24, 2.45) is 0 Å². The molecule has 1 aromatic heterocycles. The number of likely N-dealkylation sites (N-methyl/N-ethyl adjacent to an activating group) is 1. The minimum Gasteiger partial charge on any atom is -0.497 e. The van der Waals surface area contributed by atoms with Crippen LogP contribution in [-0.2, 0) is 21.5 Å². The van der Waals surface area contributed by atoms with E-state index in [0.717, 1.165) is 53.1 Å². The zero-order valence-electron chi connectivity index (χ0n) is 21.2. The zero-order chi connectivity index (χ0) is 25.3. The van der Waals surface area contributed by atoms with E-state index in [2.05, 4.69) is 51.7 Å². The second-order valence-corrected chi connectivity index (χ2v) is 10.7. The molecule has 0 spiro atoms. The van der Waals surface area contributed by atoms with Gasteiger partial charge in [-0.05, 0) is 48.7 Å². The molecule has 0 amide bonds. The van der Waals surface area contributed by atoms with Gasteiger partial charge >= 0.3 is 0 Å². The summed E-state index contributed by atoms with van der Waals surface area (Å²) in [5.74, 6) is 1.91. The Morgan fingerprint density at radius 2 is 1.97 bits per heavy atom. The lowest BCUT2D eigenvalue weighted by atomic mass is 9.83. The first-order valence-corrected chi connectivity index (χ1v) is 13.3. The fourth-order valence-electron chi connectivity index (χ4n) is 5.09. The maximum atomic E-state index is 13.1. The van der Waals surface area contributed by atoms with E-state index in [4.69, 9.17) is 9.47 Å². The minimum atomic E-state index is -0.229. The highest BCUT2D eigenvalue weighted by atomic mass is 32.2. The van der Waals surface area contributed by atoms with Crippen LogP contribution >= 0.6 is 11.8 Å². The van der Waals surface area contributed by atoms with E-state index in [1.54, 1.807) is 13.2 Å². The van der Waals surface area contributed by atoms with Crippen molar-refractivity contribution in [2.45, 2.75) is 49.9 Å². The number of benzene rings is 2. The van der Waals surface area contributed by atoms with Crippen LogP contribution in [0.2, 0.25) is 0 Å². The van der Waals surface area contributed by atoms with E-state index in [1.165, 1.54) is 17.3 Å². The van der Waals surface area contributed by atoms with Gasteiger partial charge in [-0.2, -0.15) is 0 Å². The van der Waals surface area contributed by atoms with Crippen LogP contribution in [0.4, 0.5) is 5.69 Å². The molecule has 0 bridgehead atoms. The number of aromatic nitrogens is 3. The van der Waals surface area contributed by atoms with Gasteiger partial charge < -0.3 is 14.4 Å². The Hall–Kier alpha value is -3.10. The molecule has 0 radical (unpaired) electrons. The molecule has 0 unspecified atom stereocenters. The number of fused-ring (bicyclic) bond motifs is 1. The third-order valence-corrected chi connectivity index (χ3v) is 8.05. The van der Waals surface area contributed by atoms with Gasteiger partial charge in [-0.25, -0.2) is 0 Å². The van der Waals surface area contributed by atoms with Crippen molar-refractivity contribution in [3.63, 3.8) is 0 Å². The number of allylic oxidation sites excluding steroid dienone is 2. The van der Waals surface area contributed by atoms with E-state index in [1.807, 2.05) is 37.4 Å². The van der Waals surface area contributed by atoms with Crippen LogP contribution in [-0.4, -0.2) is 53.2 Å². The SMILES string of the molecule is COc1ccc(-c2nnc(SCC(=O)/C=C3/N(C)c4ccccc4C3(C)C)n2C[C@@H]2CCCO2)cc1. The van der Waals surface area contributed by atoms with E-state index < -0.39 is 0 Å². The number of hydrogen-bond donors (Lipinski definition) is 0. The van der Waals surface area contributed by atoms with Crippen LogP contribution in [0.3, 0.4) is 0 Å². The van der Waals surface area contributed by atoms with Crippen molar-refractivity contribution in [2.75, 3.05) is 31.4 Å². The van der Waals surface area contributed by atoms with Gasteiger partial charge in [0.2, 0.25) is 0 Å². The van der Waals surface area contributed by atoms with Crippen molar-refractivity contribution in [1.82, 2.24) is 14.8 Å². The number of anilines is 1. The molecule has 5 rings (SSSR count). The maximum Gasteiger partial charge on any atom is 0.192 e. The molecular weight excluding hydrogens is 472 g/mol. The summed E-state index contributed by atoms with van der Waals surface area (Å²) >= 11 is 1.43. The summed E-state index contributed by atoms with van der Waals surface area (Å²) in [7, 11) is 3.68. The molecule has 0 N–H and O–H groups in total. The smallest absolute Gasteiger partial charge is 0.192 e. The predicted octanol–water partition coefficient (Wildman–Crippen LogP) is 5.11. The Labute approximate surface area is 216 Å². The first kappa shape index (κ1) is 24.6. The van der Waals surface area contributed by atoms with Crippen LogP contribution in [0.5, 0.6) is 5.75 Å². The lowest BCUT2D eigenvalue weighted by Gasteiger charge is -2.23. The van der Waals surface area contributed by atoms with E-state index >= 15 is 0 Å². The Morgan fingerprint density at radius 1 is 1.19 bits per heavy atom. The van der Waals surface area contributed by atoms with Crippen molar-refractivity contribution < 1.29 is 14.3 Å². The van der Waals surface area contributed by atoms with Crippen LogP contribution in [0.1, 0.15) is 32.3 Å². The largest absolute Gasteiger partial charge is 0.497 e. The number of carbonyl (C=O) groups is 1. The second kappa shape index (κ2) is 10.1. The fourth-order valence-corrected chi connectivity index (χ4v) is 5.86. The molecule has 2 aliphatic rings. The van der Waals surface area contributed by atoms with Crippen molar-refractivity contribution in [3.8, 4) is 17.1 Å². The molecule has 1 atom stereocenters. The van der Waals surface area contributed by atoms with Gasteiger partial charge in [0.25, 0.3) is 0 Å². The molecule has 36 heavy (non-hydrogen) atoms. The number of carbonyl (C=O) groups excluding carboxylic acids is 1. The van der Waals surface area contributed by atoms with E-state index in [9.17, 15) is 4.79 Å². The molecule has 2 aliphatic heterocycles. The number of hydrogen-bond acceptors (Lipinski definition) is 7. The van der Waals surface area contributed by atoms with Crippen LogP contribution in [0, 0.1) is 0 Å². The van der Waals surface area contributed by atoms with Crippen molar-refractivity contribution in [1.29, 1.82) is 0 Å². The zero-order valence-corrected chi connectivity index (χ0v) is 22.0. The number of methoxy groups -OCH3 is 1. The molecule has 7 nitrogen and oxygen atoms in total. The second-order valence-electron chi connectivity index (χ2n) is 9.77. The fraction of sp³-hybridized carbons (Fsp3) is 0.393. The highest BCUT2D eigenvalue weighted by Crippen LogP contribution is 2.46. The van der Waals surface area contributed by atoms with Gasteiger partial charge in [0.1, 0.15) is 5.75 Å². The van der Waals surface area contributed by atoms with Gasteiger partial charge in [-0.3, -0.25) is 9.36 Å². The van der Waals surface area contributed by atoms with Gasteiger partial charge in [-0.1, -0.05) is 43.8 Å². The summed E-state index contributed by atoms with van der Waals surface area (Å²) in [6, 6.07) is 16.1. The molecule has 2 aromatic carbocycles. The van der Waals surface area contributed by atoms with Crippen molar-refractivity contribution >= 4 is 23.2 Å². The third-order valence-electron chi connectivity index (χ3n) is 7.06. The number of ether oxygens (including phenoxy) is 2. The van der Waals surface area contributed by atoms with Gasteiger partial charge in [0.05, 0.1) is 25.5 Å². The Morgan fingerprint density at radius 3 is 2.67 bits per heavy atom. The molecule has 1 fully saturated rings. The molecule has 8 heteroatoms. The molecule has 1 saturated heterocycles. The Bertz CT molecular complexity index is 1280. The average molecular weight is 505 g/mol. The molecule has 3 aromatic rings. The average Bonchev–Trinajstić information content (AvgIpc) is 3.59. The topological polar surface area (TPSA) is 69.5 Å². The highest BCUT2D eigenvalue weighted by Gasteiger charge is 2.38. The first-order valence-electron chi connectivity index (χ1n) is 12.3. The van der Waals surface area contributed by atoms with Gasteiger partial charge in [-0.15, -0.1) is 10.2 Å². The number of rotatable bonds is 8. The Kier molecular flexibility index (Phi) is 6.90. The van der Waals surface area contributed by atoms with Gasteiger partial charge in [0, 0.05) is 42.1 Å². The lowest BCUT2D eigenvalue weighted by Crippen LogP contribution is -2.24. The summed E-state index contributed by atoms with van der Waals surface area (Å²) in [6.45, 7) is 5.78. The lowest BCUT2D eigenvalue weighted by molar-refractivity contribution is -0.112. The third kappa shape index (κ3) is 4.67. The monoisotopic (exact) mass is 504 g/mol. The minimum absolute atomic E-state index is 0.0559. The van der Waals surface area contributed by atoms with E-state index in [-0.39, 0.29) is 23.1 Å². The van der Waals surface area contributed by atoms with Crippen LogP contribution in [0.15, 0.2) is 65.5 Å². The summed E-state index contributed by atoms with van der Waals surface area (Å²) < 4.78 is 13.3. The highest BCUT2D eigenvalue weighted by molar-refractivity contribution is 7.99. The van der Waals surface area contributed by atoms with E-state index in [0.29, 0.717) is 6.54 Å². The molecule has 3 heterocycles. The maximum absolute atomic E-state index is 13.1. The number of ketones is 1. The predicted molar refractivity (Wildman–Crippen MR) is 143 cm³/mol. The van der Waals surface area contributed by atoms with Crippen LogP contribution in [0.25, 0.3) is 11.4 Å². The van der Waals surface area contributed by atoms with Crippen LogP contribution < -0.4 is 9.64 Å². The summed E-state index contributed by atoms with van der Waals surface area (Å²) in [4.78, 5) is 15.3. The summed E-state index contributed by atoms with van der Waals surface area (Å²) in [5, 5.41) is 9.68. The molecule has 188 valence electrons. The quantitative estimate of drug-likeness (QED) is 0.312. The Balaban J connectivity index is 1.36. The summed E-state index contributed by atoms with van der Waals surface area (Å²) in [5.41, 5.74) is 4.12. The first-order chi connectivity index (χ1) is 17.4. The number of para-hydroxylation sites is 1. The molecule has 0 saturated carbocycles. The summed E-state index contributed by atoms with van der Waals surface area (Å²) in [6.07, 6.45) is 3.99. The molecular formula is C28H32N4O3S. The molecule has 0 aliphatic carbocycles.